The lowest BCUT2D eigenvalue weighted by molar-refractivity contribution is -0.137. The van der Waals surface area contributed by atoms with Gasteiger partial charge in [-0.2, -0.15) is 31.0 Å². The number of ether oxygens (including phenoxy) is 1. The van der Waals surface area contributed by atoms with Crippen molar-refractivity contribution in [2.75, 3.05) is 19.0 Å². The summed E-state index contributed by atoms with van der Waals surface area (Å²) in [7, 11) is 1.25. The fourth-order valence-corrected chi connectivity index (χ4v) is 4.19. The van der Waals surface area contributed by atoms with Crippen LogP contribution in [0.15, 0.2) is 65.5 Å². The first-order chi connectivity index (χ1) is 19.3. The van der Waals surface area contributed by atoms with E-state index in [1.165, 1.54) is 43.5 Å². The van der Waals surface area contributed by atoms with Crippen LogP contribution in [0.2, 0.25) is 5.02 Å². The molecule has 1 heterocycles. The number of benzene rings is 3. The highest BCUT2D eigenvalue weighted by atomic mass is 35.5. The number of aromatic amines is 1. The van der Waals surface area contributed by atoms with Gasteiger partial charge in [-0.3, -0.25) is 9.78 Å². The summed E-state index contributed by atoms with van der Waals surface area (Å²) in [5, 5.41) is 9.02. The molecular formula is C26H20ClF6N5O3. The predicted molar refractivity (Wildman–Crippen MR) is 138 cm³/mol. The van der Waals surface area contributed by atoms with Crippen molar-refractivity contribution >= 4 is 23.2 Å². The van der Waals surface area contributed by atoms with Gasteiger partial charge in [0.05, 0.1) is 35.5 Å². The highest BCUT2D eigenvalue weighted by Gasteiger charge is 2.30. The van der Waals surface area contributed by atoms with Gasteiger partial charge in [0.1, 0.15) is 5.75 Å². The van der Waals surface area contributed by atoms with Crippen LogP contribution in [0.3, 0.4) is 0 Å². The number of carbonyl (C=O) groups is 1. The topological polar surface area (TPSA) is 101 Å². The molecule has 8 nitrogen and oxygen atoms in total. The molecule has 0 saturated carbocycles. The number of hydrogen-bond acceptors (Lipinski definition) is 5. The van der Waals surface area contributed by atoms with E-state index in [2.05, 4.69) is 20.7 Å². The third-order valence-electron chi connectivity index (χ3n) is 5.72. The van der Waals surface area contributed by atoms with Crippen molar-refractivity contribution in [1.29, 1.82) is 0 Å². The zero-order valence-electron chi connectivity index (χ0n) is 21.0. The minimum absolute atomic E-state index is 0.0155. The van der Waals surface area contributed by atoms with Gasteiger partial charge in [-0.1, -0.05) is 29.8 Å². The number of methoxy groups -OCH3 is 1. The van der Waals surface area contributed by atoms with Crippen molar-refractivity contribution < 1.29 is 35.9 Å². The van der Waals surface area contributed by atoms with Gasteiger partial charge in [0.15, 0.2) is 5.82 Å². The molecule has 3 aromatic carbocycles. The van der Waals surface area contributed by atoms with Crippen LogP contribution in [-0.2, 0) is 12.7 Å². The van der Waals surface area contributed by atoms with E-state index < -0.39 is 36.1 Å². The van der Waals surface area contributed by atoms with E-state index in [4.69, 9.17) is 16.3 Å². The molecule has 0 aliphatic carbocycles. The summed E-state index contributed by atoms with van der Waals surface area (Å²) < 4.78 is 83.0. The molecule has 0 atom stereocenters. The molecule has 4 rings (SSSR count). The van der Waals surface area contributed by atoms with Crippen LogP contribution in [-0.4, -0.2) is 40.5 Å². The van der Waals surface area contributed by atoms with Crippen LogP contribution < -0.4 is 21.1 Å². The summed E-state index contributed by atoms with van der Waals surface area (Å²) in [6, 6.07) is 12.6. The third-order valence-corrected chi connectivity index (χ3v) is 6.03. The number of nitrogens with zero attached hydrogens (tertiary/aromatic N) is 2. The van der Waals surface area contributed by atoms with E-state index in [1.807, 2.05) is 0 Å². The molecule has 0 fully saturated rings. The molecule has 0 aliphatic heterocycles. The van der Waals surface area contributed by atoms with Crippen molar-refractivity contribution in [3.8, 4) is 22.8 Å². The number of nitrogens with one attached hydrogen (secondary N) is 3. The Morgan fingerprint density at radius 1 is 1.05 bits per heavy atom. The van der Waals surface area contributed by atoms with E-state index in [9.17, 15) is 35.9 Å². The van der Waals surface area contributed by atoms with Gasteiger partial charge in [0, 0.05) is 23.9 Å². The zero-order valence-corrected chi connectivity index (χ0v) is 21.7. The summed E-state index contributed by atoms with van der Waals surface area (Å²) in [4.78, 5) is 28.1. The van der Waals surface area contributed by atoms with E-state index in [0.29, 0.717) is 5.56 Å². The monoisotopic (exact) mass is 599 g/mol. The minimum Gasteiger partial charge on any atom is -0.496 e. The standard InChI is InChI=1S/C26H20ClF6N5O3/c1-41-20-11-17(8-9-18(20)23(39)35-16-6-3-5-15(10-16)26(31,32)33)38-24(40)36-22(37-38)21-14(4-2-7-19(21)27)12-34-13-25(28,29)30/h2-11,34H,12-13H2,1H3,(H,35,39)(H,36,37,40). The van der Waals surface area contributed by atoms with Gasteiger partial charge in [-0.15, -0.1) is 5.10 Å². The number of rotatable bonds is 8. The minimum atomic E-state index is -4.60. The third kappa shape index (κ3) is 7.08. The van der Waals surface area contributed by atoms with Crippen molar-refractivity contribution in [3.05, 3.63) is 92.9 Å². The Bertz CT molecular complexity index is 1630. The van der Waals surface area contributed by atoms with Gasteiger partial charge < -0.3 is 15.4 Å². The number of halogens is 7. The first-order valence-corrected chi connectivity index (χ1v) is 12.1. The second kappa shape index (κ2) is 11.7. The van der Waals surface area contributed by atoms with Gasteiger partial charge in [0.2, 0.25) is 0 Å². The Balaban J connectivity index is 1.62. The van der Waals surface area contributed by atoms with Crippen LogP contribution in [0.5, 0.6) is 5.75 Å². The van der Waals surface area contributed by atoms with Crippen LogP contribution in [0.25, 0.3) is 17.1 Å². The van der Waals surface area contributed by atoms with E-state index in [-0.39, 0.29) is 45.6 Å². The molecule has 216 valence electrons. The smallest absolute Gasteiger partial charge is 0.416 e. The average molecular weight is 600 g/mol. The molecule has 0 radical (unpaired) electrons. The summed E-state index contributed by atoms with van der Waals surface area (Å²) in [6.07, 6.45) is -9.02. The van der Waals surface area contributed by atoms with Crippen molar-refractivity contribution in [2.24, 2.45) is 0 Å². The molecule has 0 saturated heterocycles. The van der Waals surface area contributed by atoms with Crippen molar-refractivity contribution in [2.45, 2.75) is 18.9 Å². The Labute approximate surface area is 232 Å². The summed E-state index contributed by atoms with van der Waals surface area (Å²) in [5.74, 6) is -0.803. The number of carbonyl (C=O) groups excluding carboxylic acids is 1. The van der Waals surface area contributed by atoms with Crippen molar-refractivity contribution in [1.82, 2.24) is 20.1 Å². The number of anilines is 1. The molecule has 0 unspecified atom stereocenters. The molecule has 4 aromatic rings. The molecule has 15 heteroatoms. The molecule has 41 heavy (non-hydrogen) atoms. The molecular weight excluding hydrogens is 580 g/mol. The number of alkyl halides is 6. The summed E-state index contributed by atoms with van der Waals surface area (Å²) in [6.45, 7) is -1.45. The lowest BCUT2D eigenvalue weighted by Gasteiger charge is -2.13. The molecule has 1 amide bonds. The molecule has 3 N–H and O–H groups in total. The Hall–Kier alpha value is -4.30. The fraction of sp³-hybridized carbons (Fsp3) is 0.192. The lowest BCUT2D eigenvalue weighted by Crippen LogP contribution is -2.28. The van der Waals surface area contributed by atoms with Gasteiger partial charge in [-0.05, 0) is 42.0 Å². The molecule has 0 bridgehead atoms. The Morgan fingerprint density at radius 3 is 2.46 bits per heavy atom. The number of amides is 1. The second-order valence-electron chi connectivity index (χ2n) is 8.60. The van der Waals surface area contributed by atoms with Crippen LogP contribution >= 0.6 is 11.6 Å². The lowest BCUT2D eigenvalue weighted by atomic mass is 10.1. The summed E-state index contributed by atoms with van der Waals surface area (Å²) in [5.41, 5.74) is -1.09. The average Bonchev–Trinajstić information content (AvgIpc) is 3.28. The van der Waals surface area contributed by atoms with Crippen LogP contribution in [0.1, 0.15) is 21.5 Å². The van der Waals surface area contributed by atoms with Gasteiger partial charge >= 0.3 is 18.0 Å². The highest BCUT2D eigenvalue weighted by molar-refractivity contribution is 6.33. The maximum Gasteiger partial charge on any atom is 0.416 e. The highest BCUT2D eigenvalue weighted by Crippen LogP contribution is 2.32. The van der Waals surface area contributed by atoms with Gasteiger partial charge in [-0.25, -0.2) is 4.79 Å². The normalized spacial score (nSPS) is 11.9. The Kier molecular flexibility index (Phi) is 8.44. The maximum absolute atomic E-state index is 13.0. The van der Waals surface area contributed by atoms with Crippen LogP contribution in [0, 0.1) is 0 Å². The van der Waals surface area contributed by atoms with E-state index in [0.717, 1.165) is 22.9 Å². The maximum atomic E-state index is 13.0. The SMILES string of the molecule is COc1cc(-n2nc(-c3c(Cl)cccc3CNCC(F)(F)F)[nH]c2=O)ccc1C(=O)Nc1cccc(C(F)(F)F)c1. The first kappa shape index (κ1) is 29.7. The van der Waals surface area contributed by atoms with E-state index in [1.54, 1.807) is 6.07 Å². The fourth-order valence-electron chi connectivity index (χ4n) is 3.90. The molecule has 0 spiro atoms. The molecule has 1 aromatic heterocycles. The number of H-pyrrole nitrogens is 1. The quantitative estimate of drug-likeness (QED) is 0.222. The second-order valence-corrected chi connectivity index (χ2v) is 9.01. The Morgan fingerprint density at radius 2 is 1.78 bits per heavy atom. The number of aromatic nitrogens is 3. The van der Waals surface area contributed by atoms with Gasteiger partial charge in [0.25, 0.3) is 5.91 Å². The largest absolute Gasteiger partial charge is 0.496 e. The van der Waals surface area contributed by atoms with E-state index >= 15 is 0 Å². The predicted octanol–water partition coefficient (Wildman–Crippen LogP) is 5.81. The van der Waals surface area contributed by atoms with Crippen LogP contribution in [0.4, 0.5) is 32.0 Å². The first-order valence-electron chi connectivity index (χ1n) is 11.7. The van der Waals surface area contributed by atoms with Crippen molar-refractivity contribution in [3.63, 3.8) is 0 Å². The molecule has 0 aliphatic rings. The summed E-state index contributed by atoms with van der Waals surface area (Å²) >= 11 is 6.30. The zero-order chi connectivity index (χ0) is 29.9. The number of hydrogen-bond donors (Lipinski definition) is 3.